The van der Waals surface area contributed by atoms with Crippen molar-refractivity contribution in [3.05, 3.63) is 35.5 Å². The van der Waals surface area contributed by atoms with Crippen molar-refractivity contribution in [1.29, 1.82) is 0 Å². The van der Waals surface area contributed by atoms with E-state index in [-0.39, 0.29) is 18.4 Å². The lowest BCUT2D eigenvalue weighted by Gasteiger charge is -2.34. The molecule has 0 amide bonds. The summed E-state index contributed by atoms with van der Waals surface area (Å²) in [6.45, 7) is 10.5. The average Bonchev–Trinajstić information content (AvgIpc) is 2.99. The molecular weight excluding hydrogens is 352 g/mol. The van der Waals surface area contributed by atoms with Gasteiger partial charge in [0.25, 0.3) is 0 Å². The van der Waals surface area contributed by atoms with Crippen molar-refractivity contribution in [2.75, 3.05) is 0 Å². The first-order valence-corrected chi connectivity index (χ1v) is 9.04. The molecule has 3 rings (SSSR count). The van der Waals surface area contributed by atoms with E-state index in [1.165, 1.54) is 0 Å². The Hall–Kier alpha value is -1.96. The molecule has 0 saturated carbocycles. The molecule has 0 aromatic carbocycles. The second-order valence-electron chi connectivity index (χ2n) is 7.81. The maximum absolute atomic E-state index is 12.4. The molecule has 2 fully saturated rings. The highest BCUT2D eigenvalue weighted by atomic mass is 16.7. The summed E-state index contributed by atoms with van der Waals surface area (Å²) in [5.41, 5.74) is -0.120. The van der Waals surface area contributed by atoms with Gasteiger partial charge >= 0.3 is 11.9 Å². The van der Waals surface area contributed by atoms with E-state index in [0.29, 0.717) is 11.1 Å². The van der Waals surface area contributed by atoms with Gasteiger partial charge in [0.05, 0.1) is 17.6 Å². The summed E-state index contributed by atoms with van der Waals surface area (Å²) >= 11 is 0. The largest absolute Gasteiger partial charge is 0.458 e. The summed E-state index contributed by atoms with van der Waals surface area (Å²) in [5, 5.41) is 21.4. The number of hydrogen-bond donors (Lipinski definition) is 2. The molecule has 0 unspecified atom stereocenters. The third kappa shape index (κ3) is 3.24. The van der Waals surface area contributed by atoms with Crippen LogP contribution in [0, 0.1) is 5.92 Å². The van der Waals surface area contributed by atoms with Crippen molar-refractivity contribution in [2.24, 2.45) is 5.92 Å². The standard InChI is InChI=1S/C20H26O7/c1-6-10(2)17(22)26-14-8-19(5)15(21)9-20(24,27-19)11(3)7-13-16(14)12(4)18(23)25-13/h6-7,13-16,21,24H,4,8-9H2,1-3,5H3/b10-6-,11-7-/t13-,14+,15+,16+,19-,20+/m0/s1. The van der Waals surface area contributed by atoms with Gasteiger partial charge in [-0.2, -0.15) is 0 Å². The van der Waals surface area contributed by atoms with Gasteiger partial charge in [0.15, 0.2) is 5.79 Å². The molecule has 7 nitrogen and oxygen atoms in total. The zero-order valence-corrected chi connectivity index (χ0v) is 16.0. The molecule has 0 aromatic rings. The Labute approximate surface area is 158 Å². The highest BCUT2D eigenvalue weighted by Crippen LogP contribution is 2.48. The quantitative estimate of drug-likeness (QED) is 0.427. The smallest absolute Gasteiger partial charge is 0.334 e. The fraction of sp³-hybridized carbons (Fsp3) is 0.600. The molecule has 3 heterocycles. The van der Waals surface area contributed by atoms with Crippen LogP contribution in [0.25, 0.3) is 0 Å². The molecule has 0 aliphatic carbocycles. The van der Waals surface area contributed by atoms with E-state index in [0.717, 1.165) is 0 Å². The molecule has 0 aromatic heterocycles. The van der Waals surface area contributed by atoms with E-state index in [4.69, 9.17) is 14.2 Å². The number of rotatable bonds is 2. The van der Waals surface area contributed by atoms with Gasteiger partial charge in [-0.15, -0.1) is 0 Å². The van der Waals surface area contributed by atoms with Crippen LogP contribution in [0.2, 0.25) is 0 Å². The predicted octanol–water partition coefficient (Wildman–Crippen LogP) is 1.54. The molecule has 27 heavy (non-hydrogen) atoms. The van der Waals surface area contributed by atoms with E-state index in [1.54, 1.807) is 39.8 Å². The fourth-order valence-electron chi connectivity index (χ4n) is 3.94. The Balaban J connectivity index is 2.07. The first-order valence-electron chi connectivity index (χ1n) is 9.04. The maximum Gasteiger partial charge on any atom is 0.334 e. The Bertz CT molecular complexity index is 751. The van der Waals surface area contributed by atoms with Crippen molar-refractivity contribution in [3.8, 4) is 0 Å². The van der Waals surface area contributed by atoms with Gasteiger partial charge in [-0.05, 0) is 39.3 Å². The van der Waals surface area contributed by atoms with Crippen LogP contribution < -0.4 is 0 Å². The molecular formula is C20H26O7. The van der Waals surface area contributed by atoms with Crippen LogP contribution in [0.15, 0.2) is 35.5 Å². The Kier molecular flexibility index (Phi) is 4.82. The van der Waals surface area contributed by atoms with Crippen molar-refractivity contribution in [1.82, 2.24) is 0 Å². The van der Waals surface area contributed by atoms with Crippen LogP contribution in [0.3, 0.4) is 0 Å². The SMILES string of the molecule is C=C1C(=O)O[C@H]2/C=C(/C)[C@@]3(O)C[C@@H](O)[C@](C)(C[C@@H](OC(=O)/C(C)=C\C)[C@H]12)O3. The molecule has 148 valence electrons. The Morgan fingerprint density at radius 3 is 2.74 bits per heavy atom. The zero-order chi connectivity index (χ0) is 20.1. The minimum atomic E-state index is -1.67. The van der Waals surface area contributed by atoms with Gasteiger partial charge in [-0.1, -0.05) is 12.7 Å². The molecule has 2 bridgehead atoms. The average molecular weight is 378 g/mol. The Morgan fingerprint density at radius 1 is 1.44 bits per heavy atom. The van der Waals surface area contributed by atoms with Crippen LogP contribution >= 0.6 is 0 Å². The summed E-state index contributed by atoms with van der Waals surface area (Å²) in [6.07, 6.45) is 0.753. The van der Waals surface area contributed by atoms with Crippen LogP contribution in [-0.2, 0) is 23.8 Å². The third-order valence-electron chi connectivity index (χ3n) is 5.89. The van der Waals surface area contributed by atoms with Gasteiger partial charge < -0.3 is 24.4 Å². The molecule has 7 heteroatoms. The second-order valence-corrected chi connectivity index (χ2v) is 7.81. The summed E-state index contributed by atoms with van der Waals surface area (Å²) < 4.78 is 17.0. The third-order valence-corrected chi connectivity index (χ3v) is 5.89. The normalized spacial score (nSPS) is 43.8. The van der Waals surface area contributed by atoms with Crippen molar-refractivity contribution >= 4 is 11.9 Å². The van der Waals surface area contributed by atoms with E-state index in [9.17, 15) is 19.8 Å². The van der Waals surface area contributed by atoms with Gasteiger partial charge in [0, 0.05) is 24.0 Å². The number of aliphatic hydroxyl groups is 2. The molecule has 2 saturated heterocycles. The predicted molar refractivity (Wildman–Crippen MR) is 95.3 cm³/mol. The number of esters is 2. The highest BCUT2D eigenvalue weighted by Gasteiger charge is 2.58. The molecule has 6 atom stereocenters. The van der Waals surface area contributed by atoms with Crippen molar-refractivity contribution in [3.63, 3.8) is 0 Å². The number of ether oxygens (including phenoxy) is 3. The maximum atomic E-state index is 12.4. The molecule has 3 aliphatic heterocycles. The number of aliphatic hydroxyl groups excluding tert-OH is 1. The summed E-state index contributed by atoms with van der Waals surface area (Å²) in [4.78, 5) is 24.5. The van der Waals surface area contributed by atoms with Gasteiger partial charge in [-0.3, -0.25) is 0 Å². The minimum Gasteiger partial charge on any atom is -0.458 e. The van der Waals surface area contributed by atoms with Crippen molar-refractivity contribution in [2.45, 2.75) is 70.2 Å². The van der Waals surface area contributed by atoms with E-state index in [1.807, 2.05) is 0 Å². The molecule has 0 spiro atoms. The molecule has 2 N–H and O–H groups in total. The van der Waals surface area contributed by atoms with Crippen LogP contribution in [0.4, 0.5) is 0 Å². The topological polar surface area (TPSA) is 102 Å². The summed E-state index contributed by atoms with van der Waals surface area (Å²) in [5.74, 6) is -3.39. The number of carbonyl (C=O) groups excluding carboxylic acids is 2. The first-order chi connectivity index (χ1) is 12.5. The Morgan fingerprint density at radius 2 is 2.11 bits per heavy atom. The fourth-order valence-corrected chi connectivity index (χ4v) is 3.94. The summed E-state index contributed by atoms with van der Waals surface area (Å²) in [6, 6.07) is 0. The number of fused-ring (bicyclic) bond motifs is 3. The van der Waals surface area contributed by atoms with Gasteiger partial charge in [-0.25, -0.2) is 9.59 Å². The minimum absolute atomic E-state index is 0.0212. The monoisotopic (exact) mass is 378 g/mol. The molecule has 3 aliphatic rings. The van der Waals surface area contributed by atoms with E-state index in [2.05, 4.69) is 6.58 Å². The number of carbonyl (C=O) groups is 2. The number of allylic oxidation sites excluding steroid dienone is 1. The van der Waals surface area contributed by atoms with Crippen molar-refractivity contribution < 1.29 is 34.0 Å². The molecule has 0 radical (unpaired) electrons. The first kappa shape index (κ1) is 19.8. The highest BCUT2D eigenvalue weighted by molar-refractivity contribution is 5.92. The summed E-state index contributed by atoms with van der Waals surface area (Å²) in [7, 11) is 0. The van der Waals surface area contributed by atoms with E-state index >= 15 is 0 Å². The second kappa shape index (κ2) is 6.58. The van der Waals surface area contributed by atoms with Gasteiger partial charge in [0.1, 0.15) is 12.2 Å². The van der Waals surface area contributed by atoms with Gasteiger partial charge in [0.2, 0.25) is 0 Å². The lowest BCUT2D eigenvalue weighted by molar-refractivity contribution is -0.208. The number of hydrogen-bond acceptors (Lipinski definition) is 7. The van der Waals surface area contributed by atoms with Crippen LogP contribution in [-0.4, -0.2) is 51.9 Å². The van der Waals surface area contributed by atoms with Crippen LogP contribution in [0.1, 0.15) is 40.5 Å². The van der Waals surface area contributed by atoms with E-state index < -0.39 is 47.6 Å². The lowest BCUT2D eigenvalue weighted by atomic mass is 9.80. The lowest BCUT2D eigenvalue weighted by Crippen LogP contribution is -2.44. The van der Waals surface area contributed by atoms with Crippen LogP contribution in [0.5, 0.6) is 0 Å². The zero-order valence-electron chi connectivity index (χ0n) is 16.0.